The van der Waals surface area contributed by atoms with Crippen LogP contribution in [0.5, 0.6) is 0 Å². The molecule has 5 nitrogen and oxygen atoms in total. The lowest BCUT2D eigenvalue weighted by Crippen LogP contribution is -2.36. The fourth-order valence-electron chi connectivity index (χ4n) is 3.12. The Bertz CT molecular complexity index is 1110. The van der Waals surface area contributed by atoms with Crippen LogP contribution >= 0.6 is 0 Å². The van der Waals surface area contributed by atoms with Crippen LogP contribution in [0, 0.1) is 0 Å². The van der Waals surface area contributed by atoms with Crippen LogP contribution in [0.25, 0.3) is 10.8 Å². The molecule has 3 aromatic carbocycles. The third-order valence-corrected chi connectivity index (χ3v) is 6.50. The Balaban J connectivity index is 2.06. The Morgan fingerprint density at radius 2 is 1.62 bits per heavy atom. The molecule has 0 aliphatic rings. The first-order valence-corrected chi connectivity index (χ1v) is 11.0. The van der Waals surface area contributed by atoms with E-state index in [1.54, 1.807) is 37.3 Å². The Hall–Kier alpha value is -2.86. The summed E-state index contributed by atoms with van der Waals surface area (Å²) in [6.45, 7) is 5.63. The number of rotatable bonds is 7. The molecular weight excluding hydrogens is 386 g/mol. The number of ether oxygens (including phenoxy) is 1. The van der Waals surface area contributed by atoms with Crippen molar-refractivity contribution in [2.45, 2.75) is 31.6 Å². The number of hydrogen-bond donors (Lipinski definition) is 0. The van der Waals surface area contributed by atoms with Crippen molar-refractivity contribution in [1.82, 2.24) is 0 Å². The molecule has 0 spiro atoms. The van der Waals surface area contributed by atoms with Crippen molar-refractivity contribution in [2.24, 2.45) is 0 Å². The first-order chi connectivity index (χ1) is 13.8. The van der Waals surface area contributed by atoms with E-state index < -0.39 is 16.0 Å². The average molecular weight is 412 g/mol. The predicted octanol–water partition coefficient (Wildman–Crippen LogP) is 4.72. The van der Waals surface area contributed by atoms with Crippen molar-refractivity contribution in [3.63, 3.8) is 0 Å². The number of hydrogen-bond acceptors (Lipinski definition) is 4. The molecule has 0 radical (unpaired) electrons. The maximum Gasteiger partial charge on any atom is 0.326 e. The van der Waals surface area contributed by atoms with Crippen LogP contribution < -0.4 is 4.31 Å². The number of anilines is 1. The maximum absolute atomic E-state index is 13.5. The highest BCUT2D eigenvalue weighted by atomic mass is 32.2. The first-order valence-electron chi connectivity index (χ1n) is 9.60. The summed E-state index contributed by atoms with van der Waals surface area (Å²) in [6, 6.07) is 19.7. The summed E-state index contributed by atoms with van der Waals surface area (Å²) in [5.41, 5.74) is 1.52. The Labute approximate surface area is 172 Å². The molecule has 3 aromatic rings. The maximum atomic E-state index is 13.5. The SMILES string of the molecule is CCOC(=O)CN(c1ccc(C(C)C)cc1)S(=O)(=O)c1ccc2ccccc2c1. The van der Waals surface area contributed by atoms with Gasteiger partial charge in [-0.2, -0.15) is 0 Å². The molecule has 3 rings (SSSR count). The smallest absolute Gasteiger partial charge is 0.326 e. The number of nitrogens with zero attached hydrogens (tertiary/aromatic N) is 1. The van der Waals surface area contributed by atoms with Gasteiger partial charge in [-0.3, -0.25) is 9.10 Å². The molecule has 0 amide bonds. The molecular formula is C23H25NO4S. The minimum absolute atomic E-state index is 0.133. The highest BCUT2D eigenvalue weighted by molar-refractivity contribution is 7.92. The van der Waals surface area contributed by atoms with Gasteiger partial charge in [-0.15, -0.1) is 0 Å². The van der Waals surface area contributed by atoms with Gasteiger partial charge in [0.25, 0.3) is 10.0 Å². The minimum Gasteiger partial charge on any atom is -0.465 e. The van der Waals surface area contributed by atoms with Gasteiger partial charge in [-0.05, 0) is 53.4 Å². The summed E-state index contributed by atoms with van der Waals surface area (Å²) in [5.74, 6) is -0.274. The van der Waals surface area contributed by atoms with E-state index in [1.165, 1.54) is 0 Å². The molecule has 0 unspecified atom stereocenters. The molecule has 152 valence electrons. The zero-order valence-corrected chi connectivity index (χ0v) is 17.6. The molecule has 0 saturated heterocycles. The second-order valence-electron chi connectivity index (χ2n) is 7.07. The monoisotopic (exact) mass is 411 g/mol. The number of sulfonamides is 1. The third kappa shape index (κ3) is 4.59. The van der Waals surface area contributed by atoms with E-state index in [1.807, 2.05) is 36.4 Å². The van der Waals surface area contributed by atoms with Crippen molar-refractivity contribution in [3.8, 4) is 0 Å². The van der Waals surface area contributed by atoms with Gasteiger partial charge >= 0.3 is 5.97 Å². The predicted molar refractivity (Wildman–Crippen MR) is 116 cm³/mol. The summed E-state index contributed by atoms with van der Waals surface area (Å²) < 4.78 is 33.0. The summed E-state index contributed by atoms with van der Waals surface area (Å²) >= 11 is 0. The molecule has 0 fully saturated rings. The molecule has 6 heteroatoms. The van der Waals surface area contributed by atoms with E-state index in [9.17, 15) is 13.2 Å². The lowest BCUT2D eigenvalue weighted by atomic mass is 10.0. The van der Waals surface area contributed by atoms with E-state index in [0.717, 1.165) is 20.6 Å². The van der Waals surface area contributed by atoms with Crippen LogP contribution in [-0.4, -0.2) is 27.5 Å². The molecule has 0 aromatic heterocycles. The standard InChI is InChI=1S/C23H25NO4S/c1-4-28-23(25)16-24(21-12-9-18(10-13-21)17(2)3)29(26,27)22-14-11-19-7-5-6-8-20(19)15-22/h5-15,17H,4,16H2,1-3H3. The van der Waals surface area contributed by atoms with Crippen molar-refractivity contribution in [1.29, 1.82) is 0 Å². The van der Waals surface area contributed by atoms with Crippen LogP contribution in [-0.2, 0) is 19.6 Å². The lowest BCUT2D eigenvalue weighted by molar-refractivity contribution is -0.141. The summed E-state index contributed by atoms with van der Waals surface area (Å²) in [5, 5.41) is 1.77. The third-order valence-electron chi connectivity index (χ3n) is 4.73. The topological polar surface area (TPSA) is 63.7 Å². The zero-order chi connectivity index (χ0) is 21.0. The summed E-state index contributed by atoms with van der Waals surface area (Å²) in [7, 11) is -3.96. The molecule has 0 aliphatic carbocycles. The lowest BCUT2D eigenvalue weighted by Gasteiger charge is -2.24. The van der Waals surface area contributed by atoms with Crippen LogP contribution in [0.4, 0.5) is 5.69 Å². The fourth-order valence-corrected chi connectivity index (χ4v) is 4.56. The van der Waals surface area contributed by atoms with Crippen LogP contribution in [0.15, 0.2) is 71.6 Å². The molecule has 0 saturated carbocycles. The van der Waals surface area contributed by atoms with E-state index in [4.69, 9.17) is 4.74 Å². The van der Waals surface area contributed by atoms with Gasteiger partial charge in [-0.25, -0.2) is 8.42 Å². The first kappa shape index (κ1) is 20.9. The van der Waals surface area contributed by atoms with Gasteiger partial charge in [0.05, 0.1) is 17.2 Å². The molecule has 29 heavy (non-hydrogen) atoms. The quantitative estimate of drug-likeness (QED) is 0.528. The van der Waals surface area contributed by atoms with Gasteiger partial charge in [0.2, 0.25) is 0 Å². The largest absolute Gasteiger partial charge is 0.465 e. The zero-order valence-electron chi connectivity index (χ0n) is 16.8. The number of fused-ring (bicyclic) bond motifs is 1. The minimum atomic E-state index is -3.96. The second kappa shape index (κ2) is 8.66. The van der Waals surface area contributed by atoms with Crippen LogP contribution in [0.2, 0.25) is 0 Å². The highest BCUT2D eigenvalue weighted by Gasteiger charge is 2.28. The summed E-state index contributed by atoms with van der Waals surface area (Å²) in [4.78, 5) is 12.3. The molecule has 0 bridgehead atoms. The Morgan fingerprint density at radius 1 is 0.966 bits per heavy atom. The van der Waals surface area contributed by atoms with Gasteiger partial charge in [-0.1, -0.05) is 56.3 Å². The number of benzene rings is 3. The average Bonchev–Trinajstić information content (AvgIpc) is 2.72. The number of carbonyl (C=O) groups excluding carboxylic acids is 1. The molecule has 0 heterocycles. The van der Waals surface area contributed by atoms with Crippen molar-refractivity contribution < 1.29 is 17.9 Å². The van der Waals surface area contributed by atoms with Gasteiger partial charge in [0.1, 0.15) is 6.54 Å². The van der Waals surface area contributed by atoms with Crippen molar-refractivity contribution in [3.05, 3.63) is 72.3 Å². The van der Waals surface area contributed by atoms with Gasteiger partial charge < -0.3 is 4.74 Å². The van der Waals surface area contributed by atoms with E-state index in [-0.39, 0.29) is 18.0 Å². The molecule has 0 N–H and O–H groups in total. The number of carbonyl (C=O) groups is 1. The normalized spacial score (nSPS) is 11.6. The van der Waals surface area contributed by atoms with Crippen molar-refractivity contribution in [2.75, 3.05) is 17.5 Å². The number of esters is 1. The summed E-state index contributed by atoms with van der Waals surface area (Å²) in [6.07, 6.45) is 0. The Kier molecular flexibility index (Phi) is 6.23. The van der Waals surface area contributed by atoms with E-state index in [2.05, 4.69) is 13.8 Å². The molecule has 0 atom stereocenters. The highest BCUT2D eigenvalue weighted by Crippen LogP contribution is 2.27. The van der Waals surface area contributed by atoms with Gasteiger partial charge in [0, 0.05) is 0 Å². The fraction of sp³-hybridized carbons (Fsp3) is 0.261. The van der Waals surface area contributed by atoms with Crippen LogP contribution in [0.3, 0.4) is 0 Å². The van der Waals surface area contributed by atoms with Gasteiger partial charge in [0.15, 0.2) is 0 Å². The Morgan fingerprint density at radius 3 is 2.24 bits per heavy atom. The van der Waals surface area contributed by atoms with Crippen LogP contribution in [0.1, 0.15) is 32.3 Å². The second-order valence-corrected chi connectivity index (χ2v) is 8.93. The van der Waals surface area contributed by atoms with E-state index >= 15 is 0 Å². The van der Waals surface area contributed by atoms with E-state index in [0.29, 0.717) is 11.6 Å². The molecule has 0 aliphatic heterocycles. The van der Waals surface area contributed by atoms with Crippen molar-refractivity contribution >= 4 is 32.5 Å².